The summed E-state index contributed by atoms with van der Waals surface area (Å²) in [7, 11) is 0. The Morgan fingerprint density at radius 2 is 1.13 bits per heavy atom. The van der Waals surface area contributed by atoms with Gasteiger partial charge in [-0.25, -0.2) is 0 Å². The van der Waals surface area contributed by atoms with E-state index >= 15 is 0 Å². The molecule has 15 heavy (non-hydrogen) atoms. The van der Waals surface area contributed by atoms with Crippen molar-refractivity contribution in [3.63, 3.8) is 0 Å². The van der Waals surface area contributed by atoms with Crippen molar-refractivity contribution in [2.24, 2.45) is 0 Å². The zero-order valence-electron chi connectivity index (χ0n) is 12.3. The molecule has 0 atom stereocenters. The third-order valence-corrected chi connectivity index (χ3v) is 2.59. The molecule has 0 saturated carbocycles. The summed E-state index contributed by atoms with van der Waals surface area (Å²) < 4.78 is 0. The molecule has 0 aliphatic heterocycles. The van der Waals surface area contributed by atoms with E-state index in [0.717, 1.165) is 0 Å². The Bertz CT molecular complexity index is 289. The van der Waals surface area contributed by atoms with E-state index < -0.39 is 0 Å². The molecule has 0 N–H and O–H groups in total. The molecule has 0 aliphatic carbocycles. The molecule has 0 fully saturated rings. The number of benzene rings is 1. The fourth-order valence-corrected chi connectivity index (χ4v) is 1.45. The van der Waals surface area contributed by atoms with E-state index in [4.69, 9.17) is 0 Å². The molecule has 0 bridgehead atoms. The average molecular weight is 214 g/mol. The Labute approximate surface area is 118 Å². The predicted octanol–water partition coefficient (Wildman–Crippen LogP) is 1.40. The number of hydrogen-bond donors (Lipinski definition) is 0. The summed E-state index contributed by atoms with van der Waals surface area (Å²) >= 11 is 0. The summed E-state index contributed by atoms with van der Waals surface area (Å²) in [5, 5.41) is 0. The predicted molar refractivity (Wildman–Crippen MR) is 65.0 cm³/mol. The van der Waals surface area contributed by atoms with Gasteiger partial charge in [-0.05, 0) is 22.0 Å². The molecule has 1 aromatic carbocycles. The van der Waals surface area contributed by atoms with Gasteiger partial charge in [-0.1, -0.05) is 65.8 Å². The van der Waals surface area contributed by atoms with Crippen LogP contribution in [-0.4, -0.2) is 0 Å². The molecule has 0 heterocycles. The molecule has 1 aromatic rings. The molecule has 0 saturated heterocycles. The second-order valence-corrected chi connectivity index (χ2v) is 6.08. The summed E-state index contributed by atoms with van der Waals surface area (Å²) in [6.45, 7) is 13.6. The fraction of sp³-hybridized carbons (Fsp3) is 0.571. The van der Waals surface area contributed by atoms with Crippen LogP contribution in [0.1, 0.15) is 54.1 Å². The molecular formula is C14H23Na. The average Bonchev–Trinajstić information content (AvgIpc) is 2.01. The Kier molecular flexibility index (Phi) is 5.11. The molecule has 0 nitrogen and oxygen atoms in total. The first-order valence-corrected chi connectivity index (χ1v) is 5.32. The van der Waals surface area contributed by atoms with Crippen molar-refractivity contribution in [3.8, 4) is 0 Å². The van der Waals surface area contributed by atoms with Crippen LogP contribution in [0.4, 0.5) is 0 Å². The van der Waals surface area contributed by atoms with Gasteiger partial charge in [0, 0.05) is 0 Å². The van der Waals surface area contributed by atoms with Gasteiger partial charge in [-0.2, -0.15) is 0 Å². The maximum Gasteiger partial charge on any atom is 1.00 e. The Hall–Kier alpha value is 0.220. The van der Waals surface area contributed by atoms with Crippen molar-refractivity contribution in [1.82, 2.24) is 0 Å². The first-order valence-electron chi connectivity index (χ1n) is 5.32. The molecular weight excluding hydrogens is 191 g/mol. The Morgan fingerprint density at radius 1 is 0.800 bits per heavy atom. The SMILES string of the molecule is CC(C)(C)c1cccc(C(C)(C)C)c1.[H-].[Na+]. The largest absolute Gasteiger partial charge is 1.00 e. The first-order chi connectivity index (χ1) is 6.21. The zero-order chi connectivity index (χ0) is 11.0. The molecule has 1 heteroatoms. The maximum absolute atomic E-state index is 2.33. The van der Waals surface area contributed by atoms with E-state index in [-0.39, 0.29) is 41.8 Å². The van der Waals surface area contributed by atoms with Gasteiger partial charge >= 0.3 is 29.6 Å². The second-order valence-electron chi connectivity index (χ2n) is 6.08. The van der Waals surface area contributed by atoms with E-state index in [1.165, 1.54) is 11.1 Å². The van der Waals surface area contributed by atoms with Crippen molar-refractivity contribution >= 4 is 0 Å². The molecule has 0 radical (unpaired) electrons. The monoisotopic (exact) mass is 214 g/mol. The smallest absolute Gasteiger partial charge is 1.00 e. The van der Waals surface area contributed by atoms with E-state index in [1.807, 2.05) is 0 Å². The van der Waals surface area contributed by atoms with Gasteiger partial charge in [0.15, 0.2) is 0 Å². The van der Waals surface area contributed by atoms with Crippen LogP contribution in [0.5, 0.6) is 0 Å². The quantitative estimate of drug-likeness (QED) is 0.573. The summed E-state index contributed by atoms with van der Waals surface area (Å²) in [6, 6.07) is 8.94. The number of rotatable bonds is 0. The van der Waals surface area contributed by atoms with Crippen LogP contribution in [0.15, 0.2) is 24.3 Å². The van der Waals surface area contributed by atoms with Crippen molar-refractivity contribution in [2.75, 3.05) is 0 Å². The normalized spacial score (nSPS) is 12.1. The van der Waals surface area contributed by atoms with Gasteiger partial charge in [-0.3, -0.25) is 0 Å². The molecule has 0 unspecified atom stereocenters. The molecule has 1 rings (SSSR count). The van der Waals surface area contributed by atoms with Crippen LogP contribution >= 0.6 is 0 Å². The molecule has 0 amide bonds. The van der Waals surface area contributed by atoms with Crippen molar-refractivity contribution in [1.29, 1.82) is 0 Å². The van der Waals surface area contributed by atoms with E-state index in [1.54, 1.807) is 0 Å². The van der Waals surface area contributed by atoms with Crippen LogP contribution in [0.3, 0.4) is 0 Å². The number of hydrogen-bond acceptors (Lipinski definition) is 0. The molecule has 80 valence electrons. The third-order valence-electron chi connectivity index (χ3n) is 2.59. The zero-order valence-corrected chi connectivity index (χ0v) is 13.3. The van der Waals surface area contributed by atoms with Crippen molar-refractivity contribution < 1.29 is 31.0 Å². The fourth-order valence-electron chi connectivity index (χ4n) is 1.45. The van der Waals surface area contributed by atoms with Gasteiger partial charge in [0.1, 0.15) is 0 Å². The van der Waals surface area contributed by atoms with Crippen LogP contribution in [0.25, 0.3) is 0 Å². The Balaban J connectivity index is 0. The minimum absolute atomic E-state index is 0. The molecule has 0 aliphatic rings. The minimum atomic E-state index is 0. The minimum Gasteiger partial charge on any atom is -1.00 e. The third kappa shape index (κ3) is 4.30. The summed E-state index contributed by atoms with van der Waals surface area (Å²) in [6.07, 6.45) is 0. The van der Waals surface area contributed by atoms with Crippen molar-refractivity contribution in [2.45, 2.75) is 52.4 Å². The second kappa shape index (κ2) is 5.03. The van der Waals surface area contributed by atoms with Gasteiger partial charge in [-0.15, -0.1) is 0 Å². The van der Waals surface area contributed by atoms with Crippen molar-refractivity contribution in [3.05, 3.63) is 35.4 Å². The van der Waals surface area contributed by atoms with Gasteiger partial charge in [0.25, 0.3) is 0 Å². The topological polar surface area (TPSA) is 0 Å². The Morgan fingerprint density at radius 3 is 1.40 bits per heavy atom. The molecule has 0 spiro atoms. The van der Waals surface area contributed by atoms with Crippen LogP contribution in [0.2, 0.25) is 0 Å². The molecule has 0 aromatic heterocycles. The summed E-state index contributed by atoms with van der Waals surface area (Å²) in [4.78, 5) is 0. The van der Waals surface area contributed by atoms with Gasteiger partial charge < -0.3 is 1.43 Å². The van der Waals surface area contributed by atoms with Crippen LogP contribution < -0.4 is 29.6 Å². The summed E-state index contributed by atoms with van der Waals surface area (Å²) in [5.74, 6) is 0. The first kappa shape index (κ1) is 15.2. The van der Waals surface area contributed by atoms with Gasteiger partial charge in [0.2, 0.25) is 0 Å². The van der Waals surface area contributed by atoms with Crippen LogP contribution in [0, 0.1) is 0 Å². The standard InChI is InChI=1S/C14H22.Na.H/c1-13(2,3)11-8-7-9-12(10-11)14(4,5)6;;/h7-10H,1-6H3;;/q;+1;-1. The van der Waals surface area contributed by atoms with Crippen LogP contribution in [-0.2, 0) is 10.8 Å². The van der Waals surface area contributed by atoms with E-state index in [9.17, 15) is 0 Å². The maximum atomic E-state index is 2.33. The van der Waals surface area contributed by atoms with E-state index in [0.29, 0.717) is 0 Å². The van der Waals surface area contributed by atoms with Gasteiger partial charge in [0.05, 0.1) is 0 Å². The van der Waals surface area contributed by atoms with E-state index in [2.05, 4.69) is 65.8 Å². The summed E-state index contributed by atoms with van der Waals surface area (Å²) in [5.41, 5.74) is 3.34.